The predicted molar refractivity (Wildman–Crippen MR) is 101 cm³/mol. The van der Waals surface area contributed by atoms with Crippen LogP contribution in [0.5, 0.6) is 0 Å². The van der Waals surface area contributed by atoms with Crippen LogP contribution >= 0.6 is 0 Å². The van der Waals surface area contributed by atoms with E-state index in [4.69, 9.17) is 9.47 Å². The number of carbonyl (C=O) groups excluding carboxylic acids is 2. The molecule has 0 aliphatic carbocycles. The highest BCUT2D eigenvalue weighted by Gasteiger charge is 2.44. The molecule has 1 aliphatic heterocycles. The summed E-state index contributed by atoms with van der Waals surface area (Å²) in [5.74, 6) is -0.601. The molecule has 1 fully saturated rings. The van der Waals surface area contributed by atoms with E-state index < -0.39 is 34.2 Å². The van der Waals surface area contributed by atoms with Crippen molar-refractivity contribution in [2.75, 3.05) is 7.11 Å². The standard InChI is InChI=1S/C20H21NO6S/c1-14-8-10-17(11-9-14)28(24,25)21-16(13-19(22)26-2)12-18(27-20(21)23)15-6-4-3-5-7-15/h3-11,16,18H,12-13H2,1-2H3/t16-,18-/m1/s1. The van der Waals surface area contributed by atoms with Crippen LogP contribution in [0.3, 0.4) is 0 Å². The summed E-state index contributed by atoms with van der Waals surface area (Å²) in [7, 11) is -2.97. The van der Waals surface area contributed by atoms with Crippen LogP contribution in [0, 0.1) is 6.92 Å². The quantitative estimate of drug-likeness (QED) is 0.712. The van der Waals surface area contributed by atoms with E-state index >= 15 is 0 Å². The SMILES string of the molecule is COC(=O)C[C@H]1C[C@H](c2ccccc2)OC(=O)N1S(=O)(=O)c1ccc(C)cc1. The lowest BCUT2D eigenvalue weighted by Gasteiger charge is -2.37. The first-order chi connectivity index (χ1) is 13.3. The summed E-state index contributed by atoms with van der Waals surface area (Å²) < 4.78 is 37.0. The first kappa shape index (κ1) is 19.9. The molecule has 28 heavy (non-hydrogen) atoms. The topological polar surface area (TPSA) is 90.0 Å². The third-order valence-corrected chi connectivity index (χ3v) is 6.45. The second-order valence-corrected chi connectivity index (χ2v) is 8.38. The first-order valence-corrected chi connectivity index (χ1v) is 10.2. The molecule has 1 saturated heterocycles. The van der Waals surface area contributed by atoms with Crippen LogP contribution in [-0.4, -0.2) is 37.9 Å². The first-order valence-electron chi connectivity index (χ1n) is 8.76. The second-order valence-electron chi connectivity index (χ2n) is 6.57. The van der Waals surface area contributed by atoms with Crippen LogP contribution in [0.4, 0.5) is 4.79 Å². The number of hydrogen-bond donors (Lipinski definition) is 0. The van der Waals surface area contributed by atoms with E-state index in [0.717, 1.165) is 11.1 Å². The smallest absolute Gasteiger partial charge is 0.424 e. The number of aryl methyl sites for hydroxylation is 1. The number of nitrogens with zero attached hydrogens (tertiary/aromatic N) is 1. The summed E-state index contributed by atoms with van der Waals surface area (Å²) in [5.41, 5.74) is 1.62. The van der Waals surface area contributed by atoms with Crippen LogP contribution in [0.25, 0.3) is 0 Å². The van der Waals surface area contributed by atoms with Crippen molar-refractivity contribution in [3.63, 3.8) is 0 Å². The van der Waals surface area contributed by atoms with E-state index in [1.54, 1.807) is 36.4 Å². The Labute approximate surface area is 163 Å². The van der Waals surface area contributed by atoms with Crippen LogP contribution in [-0.2, 0) is 24.3 Å². The number of ether oxygens (including phenoxy) is 2. The molecule has 0 aromatic heterocycles. The Morgan fingerprint density at radius 2 is 1.79 bits per heavy atom. The van der Waals surface area contributed by atoms with Gasteiger partial charge in [0.1, 0.15) is 6.10 Å². The molecule has 0 radical (unpaired) electrons. The number of hydrogen-bond acceptors (Lipinski definition) is 6. The number of cyclic esters (lactones) is 1. The predicted octanol–water partition coefficient (Wildman–Crippen LogP) is 3.20. The van der Waals surface area contributed by atoms with Crippen molar-refractivity contribution in [3.8, 4) is 0 Å². The maximum absolute atomic E-state index is 13.1. The number of carbonyl (C=O) groups is 2. The van der Waals surface area contributed by atoms with Gasteiger partial charge in [0.25, 0.3) is 10.0 Å². The van der Waals surface area contributed by atoms with Crippen LogP contribution in [0.2, 0.25) is 0 Å². The van der Waals surface area contributed by atoms with E-state index in [1.165, 1.54) is 19.2 Å². The van der Waals surface area contributed by atoms with Gasteiger partial charge in [-0.3, -0.25) is 4.79 Å². The summed E-state index contributed by atoms with van der Waals surface area (Å²) >= 11 is 0. The highest BCUT2D eigenvalue weighted by molar-refractivity contribution is 7.89. The summed E-state index contributed by atoms with van der Waals surface area (Å²) in [4.78, 5) is 24.6. The summed E-state index contributed by atoms with van der Waals surface area (Å²) in [6, 6.07) is 14.2. The lowest BCUT2D eigenvalue weighted by atomic mass is 9.99. The van der Waals surface area contributed by atoms with Crippen molar-refractivity contribution in [2.24, 2.45) is 0 Å². The highest BCUT2D eigenvalue weighted by atomic mass is 32.2. The number of esters is 1. The molecule has 2 atom stereocenters. The lowest BCUT2D eigenvalue weighted by Crippen LogP contribution is -2.50. The highest BCUT2D eigenvalue weighted by Crippen LogP contribution is 2.35. The Bertz CT molecular complexity index is 956. The average Bonchev–Trinajstić information content (AvgIpc) is 2.68. The van der Waals surface area contributed by atoms with Crippen molar-refractivity contribution >= 4 is 22.1 Å². The average molecular weight is 403 g/mol. The molecular weight excluding hydrogens is 382 g/mol. The zero-order chi connectivity index (χ0) is 20.3. The van der Waals surface area contributed by atoms with Gasteiger partial charge in [-0.05, 0) is 24.6 Å². The van der Waals surface area contributed by atoms with Crippen LogP contribution < -0.4 is 0 Å². The van der Waals surface area contributed by atoms with Crippen molar-refractivity contribution in [3.05, 3.63) is 65.7 Å². The molecule has 1 aliphatic rings. The Morgan fingerprint density at radius 1 is 1.14 bits per heavy atom. The summed E-state index contributed by atoms with van der Waals surface area (Å²) in [6.45, 7) is 1.83. The molecule has 7 nitrogen and oxygen atoms in total. The molecule has 1 heterocycles. The van der Waals surface area contributed by atoms with Crippen LogP contribution in [0.1, 0.15) is 30.1 Å². The van der Waals surface area contributed by atoms with Crippen molar-refractivity contribution in [2.45, 2.75) is 36.8 Å². The van der Waals surface area contributed by atoms with E-state index in [2.05, 4.69) is 0 Å². The maximum Gasteiger partial charge on any atom is 0.424 e. The third kappa shape index (κ3) is 4.01. The molecule has 0 saturated carbocycles. The largest absolute Gasteiger partial charge is 0.469 e. The molecular formula is C20H21NO6S. The van der Waals surface area contributed by atoms with Gasteiger partial charge < -0.3 is 9.47 Å². The number of rotatable bonds is 5. The Hall–Kier alpha value is -2.87. The van der Waals surface area contributed by atoms with Crippen molar-refractivity contribution in [1.29, 1.82) is 0 Å². The van der Waals surface area contributed by atoms with E-state index in [9.17, 15) is 18.0 Å². The molecule has 2 aromatic rings. The molecule has 0 unspecified atom stereocenters. The number of sulfonamides is 1. The minimum atomic E-state index is -4.19. The van der Waals surface area contributed by atoms with Crippen molar-refractivity contribution in [1.82, 2.24) is 4.31 Å². The van der Waals surface area contributed by atoms with Gasteiger partial charge in [0.2, 0.25) is 0 Å². The van der Waals surface area contributed by atoms with Gasteiger partial charge in [0.15, 0.2) is 0 Å². The molecule has 0 spiro atoms. The molecule has 0 N–H and O–H groups in total. The Kier molecular flexibility index (Phi) is 5.69. The molecule has 1 amide bonds. The van der Waals surface area contributed by atoms with Gasteiger partial charge >= 0.3 is 12.1 Å². The number of benzene rings is 2. The van der Waals surface area contributed by atoms with E-state index in [-0.39, 0.29) is 17.7 Å². The van der Waals surface area contributed by atoms with Gasteiger partial charge in [0, 0.05) is 6.42 Å². The monoisotopic (exact) mass is 403 g/mol. The molecule has 148 valence electrons. The normalized spacial score (nSPS) is 19.8. The van der Waals surface area contributed by atoms with Gasteiger partial charge in [0.05, 0.1) is 24.5 Å². The second kappa shape index (κ2) is 8.02. The van der Waals surface area contributed by atoms with Crippen LogP contribution in [0.15, 0.2) is 59.5 Å². The fourth-order valence-electron chi connectivity index (χ4n) is 3.15. The van der Waals surface area contributed by atoms with Gasteiger partial charge in [-0.1, -0.05) is 48.0 Å². The maximum atomic E-state index is 13.1. The number of amides is 1. The molecule has 8 heteroatoms. The Balaban J connectivity index is 1.97. The molecule has 3 rings (SSSR count). The minimum Gasteiger partial charge on any atom is -0.469 e. The lowest BCUT2D eigenvalue weighted by molar-refractivity contribution is -0.142. The number of methoxy groups -OCH3 is 1. The Morgan fingerprint density at radius 3 is 2.39 bits per heavy atom. The fourth-order valence-corrected chi connectivity index (χ4v) is 4.65. The summed E-state index contributed by atoms with van der Waals surface area (Å²) in [5, 5.41) is 0. The van der Waals surface area contributed by atoms with Gasteiger partial charge in [-0.15, -0.1) is 0 Å². The fraction of sp³-hybridized carbons (Fsp3) is 0.300. The molecule has 2 aromatic carbocycles. The molecule has 0 bridgehead atoms. The van der Waals surface area contributed by atoms with Gasteiger partial charge in [-0.2, -0.15) is 4.31 Å². The zero-order valence-electron chi connectivity index (χ0n) is 15.6. The van der Waals surface area contributed by atoms with E-state index in [0.29, 0.717) is 4.31 Å². The van der Waals surface area contributed by atoms with Crippen molar-refractivity contribution < 1.29 is 27.5 Å². The van der Waals surface area contributed by atoms with Gasteiger partial charge in [-0.25, -0.2) is 13.2 Å². The third-order valence-electron chi connectivity index (χ3n) is 4.62. The zero-order valence-corrected chi connectivity index (χ0v) is 16.4. The van der Waals surface area contributed by atoms with E-state index in [1.807, 2.05) is 13.0 Å². The summed E-state index contributed by atoms with van der Waals surface area (Å²) in [6.07, 6.45) is -1.75. The minimum absolute atomic E-state index is 0.0388.